The summed E-state index contributed by atoms with van der Waals surface area (Å²) in [5, 5.41) is 2.72. The first-order valence-corrected chi connectivity index (χ1v) is 4.56. The van der Waals surface area contributed by atoms with E-state index in [-0.39, 0.29) is 12.5 Å². The van der Waals surface area contributed by atoms with Crippen molar-refractivity contribution in [2.75, 3.05) is 11.9 Å². The molecule has 1 aromatic carbocycles. The van der Waals surface area contributed by atoms with Gasteiger partial charge < -0.3 is 10.1 Å². The van der Waals surface area contributed by atoms with E-state index in [4.69, 9.17) is 16.5 Å². The molecule has 4 nitrogen and oxygen atoms in total. The summed E-state index contributed by atoms with van der Waals surface area (Å²) in [6, 6.07) is 5.55. The molecule has 0 aromatic heterocycles. The van der Waals surface area contributed by atoms with E-state index in [1.165, 1.54) is 0 Å². The lowest BCUT2D eigenvalue weighted by atomic mass is 10.1. The third kappa shape index (κ3) is 1.81. The van der Waals surface area contributed by atoms with Gasteiger partial charge in [0.1, 0.15) is 5.75 Å². The van der Waals surface area contributed by atoms with Gasteiger partial charge in [-0.1, -0.05) is 6.07 Å². The van der Waals surface area contributed by atoms with E-state index in [9.17, 15) is 4.79 Å². The van der Waals surface area contributed by atoms with Gasteiger partial charge in [-0.25, -0.2) is 4.84 Å². The molecule has 2 rings (SSSR count). The van der Waals surface area contributed by atoms with Gasteiger partial charge in [-0.3, -0.25) is 4.79 Å². The van der Waals surface area contributed by atoms with Gasteiger partial charge in [0.25, 0.3) is 5.91 Å². The SMILES string of the molecule is O=C1COc2ccc(CNCl)cc2N1. The number of halogens is 1. The molecule has 0 saturated heterocycles. The van der Waals surface area contributed by atoms with Crippen molar-refractivity contribution in [2.24, 2.45) is 0 Å². The summed E-state index contributed by atoms with van der Waals surface area (Å²) in [6.45, 7) is 0.630. The predicted molar refractivity (Wildman–Crippen MR) is 53.3 cm³/mol. The fraction of sp³-hybridized carbons (Fsp3) is 0.222. The summed E-state index contributed by atoms with van der Waals surface area (Å²) in [4.78, 5) is 13.5. The highest BCUT2D eigenvalue weighted by Crippen LogP contribution is 2.28. The van der Waals surface area contributed by atoms with Crippen LogP contribution in [0.4, 0.5) is 5.69 Å². The molecule has 0 atom stereocenters. The van der Waals surface area contributed by atoms with Crippen molar-refractivity contribution < 1.29 is 9.53 Å². The molecular weight excluding hydrogens is 204 g/mol. The van der Waals surface area contributed by atoms with Crippen LogP contribution in [0, 0.1) is 0 Å². The van der Waals surface area contributed by atoms with Gasteiger partial charge in [0, 0.05) is 6.54 Å². The van der Waals surface area contributed by atoms with Crippen molar-refractivity contribution in [1.29, 1.82) is 0 Å². The Hall–Kier alpha value is -1.26. The highest BCUT2D eigenvalue weighted by molar-refractivity contribution is 6.13. The van der Waals surface area contributed by atoms with E-state index < -0.39 is 0 Å². The normalized spacial score (nSPS) is 14.2. The molecule has 14 heavy (non-hydrogen) atoms. The fourth-order valence-electron chi connectivity index (χ4n) is 1.32. The summed E-state index contributed by atoms with van der Waals surface area (Å²) in [5.41, 5.74) is 1.69. The Labute approximate surface area is 86.3 Å². The molecule has 0 unspecified atom stereocenters. The van der Waals surface area contributed by atoms with E-state index in [1.54, 1.807) is 0 Å². The number of nitrogens with one attached hydrogen (secondary N) is 2. The fourth-order valence-corrected chi connectivity index (χ4v) is 1.47. The Morgan fingerprint density at radius 3 is 3.21 bits per heavy atom. The maximum Gasteiger partial charge on any atom is 0.262 e. The first-order chi connectivity index (χ1) is 6.79. The van der Waals surface area contributed by atoms with Crippen molar-refractivity contribution in [2.45, 2.75) is 6.54 Å². The molecule has 0 fully saturated rings. The number of fused-ring (bicyclic) bond motifs is 1. The summed E-state index contributed by atoms with van der Waals surface area (Å²) < 4.78 is 5.20. The zero-order valence-electron chi connectivity index (χ0n) is 7.34. The second-order valence-electron chi connectivity index (χ2n) is 2.98. The molecule has 5 heteroatoms. The summed E-state index contributed by atoms with van der Waals surface area (Å²) in [7, 11) is 0. The Bertz CT molecular complexity index is 368. The van der Waals surface area contributed by atoms with Gasteiger partial charge in [0.15, 0.2) is 6.61 Å². The standard InChI is InChI=1S/C9H9ClN2O2/c10-11-4-6-1-2-8-7(3-6)12-9(13)5-14-8/h1-3,11H,4-5H2,(H,12,13). The largest absolute Gasteiger partial charge is 0.482 e. The number of ether oxygens (including phenoxy) is 1. The van der Waals surface area contributed by atoms with Crippen molar-refractivity contribution in [3.05, 3.63) is 23.8 Å². The van der Waals surface area contributed by atoms with Crippen LogP contribution in [0.2, 0.25) is 0 Å². The van der Waals surface area contributed by atoms with Crippen molar-refractivity contribution >= 4 is 23.4 Å². The van der Waals surface area contributed by atoms with Crippen LogP contribution < -0.4 is 14.9 Å². The number of carbonyl (C=O) groups is 1. The predicted octanol–water partition coefficient (Wildman–Crippen LogP) is 1.26. The number of hydrogen-bond donors (Lipinski definition) is 2. The van der Waals surface area contributed by atoms with E-state index in [0.29, 0.717) is 18.0 Å². The summed E-state index contributed by atoms with van der Waals surface area (Å²) in [5.74, 6) is 0.566. The molecule has 1 amide bonds. The lowest BCUT2D eigenvalue weighted by molar-refractivity contribution is -0.118. The number of amides is 1. The first-order valence-electron chi connectivity index (χ1n) is 4.18. The molecule has 2 N–H and O–H groups in total. The molecule has 1 aliphatic rings. The Morgan fingerprint density at radius 2 is 2.43 bits per heavy atom. The van der Waals surface area contributed by atoms with E-state index >= 15 is 0 Å². The Balaban J connectivity index is 2.28. The number of rotatable bonds is 2. The lowest BCUT2D eigenvalue weighted by Gasteiger charge is -2.18. The van der Waals surface area contributed by atoms with Gasteiger partial charge in [0.05, 0.1) is 5.69 Å². The smallest absolute Gasteiger partial charge is 0.262 e. The van der Waals surface area contributed by atoms with E-state index in [2.05, 4.69) is 10.2 Å². The number of carbonyl (C=O) groups excluding carboxylic acids is 1. The van der Waals surface area contributed by atoms with Crippen LogP contribution >= 0.6 is 11.8 Å². The molecule has 0 saturated carbocycles. The number of hydrogen-bond acceptors (Lipinski definition) is 3. The van der Waals surface area contributed by atoms with Crippen LogP contribution in [0.1, 0.15) is 5.56 Å². The molecule has 0 bridgehead atoms. The topological polar surface area (TPSA) is 50.4 Å². The van der Waals surface area contributed by atoms with Crippen LogP contribution in [-0.4, -0.2) is 12.5 Å². The van der Waals surface area contributed by atoms with Crippen molar-refractivity contribution in [3.8, 4) is 5.75 Å². The average Bonchev–Trinajstić information content (AvgIpc) is 2.17. The first kappa shape index (κ1) is 9.30. The highest BCUT2D eigenvalue weighted by atomic mass is 35.5. The van der Waals surface area contributed by atoms with Gasteiger partial charge in [-0.05, 0) is 29.5 Å². The summed E-state index contributed by atoms with van der Waals surface area (Å²) in [6.07, 6.45) is 0. The minimum Gasteiger partial charge on any atom is -0.482 e. The monoisotopic (exact) mass is 212 g/mol. The van der Waals surface area contributed by atoms with Crippen LogP contribution in [0.3, 0.4) is 0 Å². The van der Waals surface area contributed by atoms with E-state index in [1.807, 2.05) is 18.2 Å². The second kappa shape index (κ2) is 3.86. The number of benzene rings is 1. The van der Waals surface area contributed by atoms with Crippen molar-refractivity contribution in [3.63, 3.8) is 0 Å². The van der Waals surface area contributed by atoms with Crippen LogP contribution in [0.25, 0.3) is 0 Å². The number of anilines is 1. The maximum absolute atomic E-state index is 11.0. The van der Waals surface area contributed by atoms with Gasteiger partial charge in [0.2, 0.25) is 0 Å². The average molecular weight is 213 g/mol. The third-order valence-electron chi connectivity index (χ3n) is 1.95. The van der Waals surface area contributed by atoms with Crippen molar-refractivity contribution in [1.82, 2.24) is 4.84 Å². The van der Waals surface area contributed by atoms with Crippen LogP contribution in [0.15, 0.2) is 18.2 Å². The maximum atomic E-state index is 11.0. The quantitative estimate of drug-likeness (QED) is 0.726. The zero-order chi connectivity index (χ0) is 9.97. The third-order valence-corrected chi connectivity index (χ3v) is 2.08. The minimum atomic E-state index is -0.131. The molecule has 1 aliphatic heterocycles. The molecule has 0 aliphatic carbocycles. The van der Waals surface area contributed by atoms with Gasteiger partial charge >= 0.3 is 0 Å². The molecule has 0 radical (unpaired) electrons. The van der Waals surface area contributed by atoms with Gasteiger partial charge in [-0.2, -0.15) is 0 Å². The molecule has 1 aromatic rings. The summed E-state index contributed by atoms with van der Waals surface area (Å²) >= 11 is 5.38. The molecule has 0 spiro atoms. The van der Waals surface area contributed by atoms with Gasteiger partial charge in [-0.15, -0.1) is 0 Å². The lowest BCUT2D eigenvalue weighted by Crippen LogP contribution is -2.25. The van der Waals surface area contributed by atoms with Crippen LogP contribution in [0.5, 0.6) is 5.75 Å². The van der Waals surface area contributed by atoms with E-state index in [0.717, 1.165) is 5.56 Å². The Kier molecular flexibility index (Phi) is 2.56. The highest BCUT2D eigenvalue weighted by Gasteiger charge is 2.15. The molecule has 74 valence electrons. The van der Waals surface area contributed by atoms with Crippen LogP contribution in [-0.2, 0) is 11.3 Å². The molecular formula is C9H9ClN2O2. The molecule has 1 heterocycles. The zero-order valence-corrected chi connectivity index (χ0v) is 8.10. The second-order valence-corrected chi connectivity index (χ2v) is 3.25. The minimum absolute atomic E-state index is 0.0834. The Morgan fingerprint density at radius 1 is 1.57 bits per heavy atom.